The zero-order valence-corrected chi connectivity index (χ0v) is 17.3. The van der Waals surface area contributed by atoms with Crippen molar-refractivity contribution >= 4 is 29.9 Å². The van der Waals surface area contributed by atoms with Crippen molar-refractivity contribution in [3.8, 4) is 0 Å². The summed E-state index contributed by atoms with van der Waals surface area (Å²) in [6, 6.07) is 0.398. The van der Waals surface area contributed by atoms with Gasteiger partial charge in [-0.2, -0.15) is 0 Å². The van der Waals surface area contributed by atoms with Crippen molar-refractivity contribution in [1.29, 1.82) is 0 Å². The molecule has 3 rings (SSSR count). The number of aliphatic imine (C=N–C) groups is 1. The molecule has 0 aromatic heterocycles. The number of halogens is 1. The van der Waals surface area contributed by atoms with Gasteiger partial charge in [-0.25, -0.2) is 0 Å². The SMILES string of the molecule is CN=C(NCC1(CCO)CCOC1)NC1C2CCOC2C1(C)C.I. The summed E-state index contributed by atoms with van der Waals surface area (Å²) in [5.74, 6) is 1.43. The fraction of sp³-hybridized carbons (Fsp3) is 0.941. The van der Waals surface area contributed by atoms with Gasteiger partial charge in [-0.1, -0.05) is 13.8 Å². The van der Waals surface area contributed by atoms with Crippen LogP contribution >= 0.6 is 24.0 Å². The molecule has 0 amide bonds. The number of aliphatic hydroxyl groups excluding tert-OH is 1. The third-order valence-electron chi connectivity index (χ3n) is 6.07. The van der Waals surface area contributed by atoms with Crippen molar-refractivity contribution in [3.63, 3.8) is 0 Å². The first kappa shape index (κ1) is 20.2. The van der Waals surface area contributed by atoms with Gasteiger partial charge in [0.15, 0.2) is 5.96 Å². The quantitative estimate of drug-likeness (QED) is 0.333. The standard InChI is InChI=1S/C17H31N3O3.HI/c1-16(2)13(12-4-8-23-14(12)16)20-15(18-3)19-10-17(5-7-21)6-9-22-11-17;/h12-14,21H,4-11H2,1-3H3,(H2,18,19,20);1H. The van der Waals surface area contributed by atoms with Crippen LogP contribution in [0.25, 0.3) is 0 Å². The van der Waals surface area contributed by atoms with Crippen LogP contribution in [-0.4, -0.2) is 63.2 Å². The van der Waals surface area contributed by atoms with E-state index in [1.54, 1.807) is 0 Å². The van der Waals surface area contributed by atoms with Gasteiger partial charge < -0.3 is 25.2 Å². The zero-order valence-electron chi connectivity index (χ0n) is 15.0. The normalized spacial score (nSPS) is 37.3. The van der Waals surface area contributed by atoms with Crippen molar-refractivity contribution in [2.75, 3.05) is 40.0 Å². The monoisotopic (exact) mass is 453 g/mol. The summed E-state index contributed by atoms with van der Waals surface area (Å²) in [4.78, 5) is 4.39. The first-order chi connectivity index (χ1) is 11.0. The molecule has 140 valence electrons. The van der Waals surface area contributed by atoms with Crippen LogP contribution in [0.5, 0.6) is 0 Å². The Labute approximate surface area is 162 Å². The van der Waals surface area contributed by atoms with E-state index in [4.69, 9.17) is 9.47 Å². The highest BCUT2D eigenvalue weighted by Gasteiger charge is 2.59. The Balaban J connectivity index is 0.00000208. The summed E-state index contributed by atoms with van der Waals surface area (Å²) >= 11 is 0. The lowest BCUT2D eigenvalue weighted by Gasteiger charge is -2.55. The van der Waals surface area contributed by atoms with Gasteiger partial charge in [0.2, 0.25) is 0 Å². The molecule has 6 nitrogen and oxygen atoms in total. The van der Waals surface area contributed by atoms with Crippen LogP contribution in [0.1, 0.15) is 33.1 Å². The summed E-state index contributed by atoms with van der Waals surface area (Å²) in [5, 5.41) is 16.4. The van der Waals surface area contributed by atoms with Crippen LogP contribution in [0.3, 0.4) is 0 Å². The van der Waals surface area contributed by atoms with Crippen LogP contribution in [0.4, 0.5) is 0 Å². The second-order valence-corrected chi connectivity index (χ2v) is 7.89. The highest BCUT2D eigenvalue weighted by Crippen LogP contribution is 2.52. The molecule has 7 heteroatoms. The van der Waals surface area contributed by atoms with E-state index in [9.17, 15) is 5.11 Å². The highest BCUT2D eigenvalue weighted by molar-refractivity contribution is 14.0. The summed E-state index contributed by atoms with van der Waals surface area (Å²) in [6.45, 7) is 7.89. The number of aliphatic hydroxyl groups is 1. The third kappa shape index (κ3) is 3.68. The Kier molecular flexibility index (Phi) is 6.78. The Morgan fingerprint density at radius 2 is 2.12 bits per heavy atom. The van der Waals surface area contributed by atoms with E-state index in [0.29, 0.717) is 24.7 Å². The predicted octanol–water partition coefficient (Wildman–Crippen LogP) is 1.37. The fourth-order valence-electron chi connectivity index (χ4n) is 4.54. The van der Waals surface area contributed by atoms with Crippen LogP contribution < -0.4 is 10.6 Å². The van der Waals surface area contributed by atoms with Crippen LogP contribution in [0.2, 0.25) is 0 Å². The van der Waals surface area contributed by atoms with E-state index in [-0.39, 0.29) is 41.4 Å². The molecule has 4 atom stereocenters. The van der Waals surface area contributed by atoms with E-state index in [1.807, 2.05) is 7.05 Å². The minimum absolute atomic E-state index is 0. The van der Waals surface area contributed by atoms with E-state index in [0.717, 1.165) is 45.0 Å². The van der Waals surface area contributed by atoms with Gasteiger partial charge in [-0.05, 0) is 19.3 Å². The first-order valence-electron chi connectivity index (χ1n) is 8.80. The molecular formula is C17H32IN3O3. The smallest absolute Gasteiger partial charge is 0.191 e. The van der Waals surface area contributed by atoms with Gasteiger partial charge in [0.1, 0.15) is 0 Å². The van der Waals surface area contributed by atoms with E-state index in [2.05, 4.69) is 29.5 Å². The molecule has 0 aromatic rings. The van der Waals surface area contributed by atoms with Crippen molar-refractivity contribution in [2.45, 2.75) is 45.3 Å². The Morgan fingerprint density at radius 3 is 2.75 bits per heavy atom. The number of nitrogens with one attached hydrogen (secondary N) is 2. The molecule has 0 aromatic carbocycles. The predicted molar refractivity (Wildman–Crippen MR) is 105 cm³/mol. The van der Waals surface area contributed by atoms with Crippen molar-refractivity contribution in [2.24, 2.45) is 21.7 Å². The number of guanidine groups is 1. The van der Waals surface area contributed by atoms with Gasteiger partial charge >= 0.3 is 0 Å². The maximum absolute atomic E-state index is 9.34. The third-order valence-corrected chi connectivity index (χ3v) is 6.07. The molecular weight excluding hydrogens is 421 g/mol. The lowest BCUT2D eigenvalue weighted by molar-refractivity contribution is -0.106. The number of hydrogen-bond acceptors (Lipinski definition) is 4. The molecule has 24 heavy (non-hydrogen) atoms. The number of hydrogen-bond donors (Lipinski definition) is 3. The van der Waals surface area contributed by atoms with Crippen molar-refractivity contribution in [3.05, 3.63) is 0 Å². The number of rotatable bonds is 5. The van der Waals surface area contributed by atoms with E-state index < -0.39 is 0 Å². The average Bonchev–Trinajstić information content (AvgIpc) is 3.16. The summed E-state index contributed by atoms with van der Waals surface area (Å²) in [7, 11) is 1.81. The maximum atomic E-state index is 9.34. The van der Waals surface area contributed by atoms with Crippen molar-refractivity contribution < 1.29 is 14.6 Å². The lowest BCUT2D eigenvalue weighted by atomic mass is 9.57. The van der Waals surface area contributed by atoms with Crippen LogP contribution in [0, 0.1) is 16.7 Å². The molecule has 1 saturated carbocycles. The summed E-state index contributed by atoms with van der Waals surface area (Å²) in [5.41, 5.74) is 0.165. The Morgan fingerprint density at radius 1 is 1.33 bits per heavy atom. The van der Waals surface area contributed by atoms with E-state index in [1.165, 1.54) is 0 Å². The van der Waals surface area contributed by atoms with Crippen LogP contribution in [0.15, 0.2) is 4.99 Å². The Bertz CT molecular complexity index is 452. The second kappa shape index (κ2) is 8.05. The van der Waals surface area contributed by atoms with Gasteiger partial charge in [-0.3, -0.25) is 4.99 Å². The second-order valence-electron chi connectivity index (χ2n) is 7.89. The maximum Gasteiger partial charge on any atom is 0.191 e. The molecule has 3 aliphatic rings. The average molecular weight is 453 g/mol. The molecule has 0 radical (unpaired) electrons. The van der Waals surface area contributed by atoms with Gasteiger partial charge in [0, 0.05) is 56.2 Å². The summed E-state index contributed by atoms with van der Waals surface area (Å²) in [6.07, 6.45) is 3.27. The molecule has 3 N–H and O–H groups in total. The number of ether oxygens (including phenoxy) is 2. The van der Waals surface area contributed by atoms with Gasteiger partial charge in [0.25, 0.3) is 0 Å². The molecule has 2 heterocycles. The first-order valence-corrected chi connectivity index (χ1v) is 8.80. The molecule has 0 bridgehead atoms. The van der Waals surface area contributed by atoms with Gasteiger partial charge in [-0.15, -0.1) is 24.0 Å². The molecule has 2 saturated heterocycles. The van der Waals surface area contributed by atoms with Crippen molar-refractivity contribution in [1.82, 2.24) is 10.6 Å². The Hall–Kier alpha value is -0.120. The topological polar surface area (TPSA) is 75.1 Å². The fourth-order valence-corrected chi connectivity index (χ4v) is 4.54. The lowest BCUT2D eigenvalue weighted by Crippen LogP contribution is -2.68. The molecule has 2 aliphatic heterocycles. The largest absolute Gasteiger partial charge is 0.396 e. The zero-order chi connectivity index (χ0) is 16.5. The molecule has 3 fully saturated rings. The van der Waals surface area contributed by atoms with E-state index >= 15 is 0 Å². The minimum Gasteiger partial charge on any atom is -0.396 e. The minimum atomic E-state index is 0. The summed E-state index contributed by atoms with van der Waals surface area (Å²) < 4.78 is 11.4. The van der Waals surface area contributed by atoms with Gasteiger partial charge in [0.05, 0.1) is 12.7 Å². The number of fused-ring (bicyclic) bond motifs is 1. The molecule has 0 spiro atoms. The molecule has 1 aliphatic carbocycles. The molecule has 4 unspecified atom stereocenters. The number of nitrogens with zero attached hydrogens (tertiary/aromatic N) is 1. The highest BCUT2D eigenvalue weighted by atomic mass is 127. The van der Waals surface area contributed by atoms with Crippen LogP contribution in [-0.2, 0) is 9.47 Å².